The van der Waals surface area contributed by atoms with Crippen LogP contribution >= 0.6 is 11.3 Å². The van der Waals surface area contributed by atoms with Crippen LogP contribution in [0.15, 0.2) is 41.8 Å². The molecule has 2 amide bonds. The zero-order valence-corrected chi connectivity index (χ0v) is 14.3. The maximum atomic E-state index is 12.6. The van der Waals surface area contributed by atoms with Gasteiger partial charge in [-0.05, 0) is 35.4 Å². The van der Waals surface area contributed by atoms with E-state index in [0.29, 0.717) is 13.0 Å². The second kappa shape index (κ2) is 6.40. The average molecular weight is 340 g/mol. The molecule has 24 heavy (non-hydrogen) atoms. The highest BCUT2D eigenvalue weighted by Crippen LogP contribution is 2.33. The molecule has 2 aliphatic heterocycles. The minimum Gasteiger partial charge on any atom is -0.332 e. The molecule has 2 aromatic rings. The molecule has 1 fully saturated rings. The topological polar surface area (TPSA) is 40.6 Å². The number of amides is 2. The summed E-state index contributed by atoms with van der Waals surface area (Å²) in [4.78, 5) is 30.0. The smallest absolute Gasteiger partial charge is 0.242 e. The largest absolute Gasteiger partial charge is 0.332 e. The van der Waals surface area contributed by atoms with E-state index in [1.54, 1.807) is 16.2 Å². The van der Waals surface area contributed by atoms with Crippen LogP contribution in [0.25, 0.3) is 0 Å². The molecule has 1 aromatic carbocycles. The molecule has 1 atom stereocenters. The molecule has 0 N–H and O–H groups in total. The Hall–Kier alpha value is -2.14. The number of rotatable bonds is 3. The number of benzene rings is 1. The molecule has 1 saturated heterocycles. The summed E-state index contributed by atoms with van der Waals surface area (Å²) in [6.45, 7) is 1.60. The van der Waals surface area contributed by atoms with E-state index in [1.807, 2.05) is 28.5 Å². The van der Waals surface area contributed by atoms with Crippen LogP contribution in [0.4, 0.5) is 0 Å². The summed E-state index contributed by atoms with van der Waals surface area (Å²) in [5.41, 5.74) is 2.51. The van der Waals surface area contributed by atoms with Crippen molar-refractivity contribution in [1.29, 1.82) is 0 Å². The normalized spacial score (nSPS) is 19.8. The van der Waals surface area contributed by atoms with Gasteiger partial charge in [0.25, 0.3) is 0 Å². The highest BCUT2D eigenvalue weighted by atomic mass is 32.1. The fraction of sp³-hybridized carbons (Fsp3) is 0.368. The van der Waals surface area contributed by atoms with E-state index in [-0.39, 0.29) is 24.4 Å². The zero-order valence-electron chi connectivity index (χ0n) is 13.5. The van der Waals surface area contributed by atoms with Gasteiger partial charge in [-0.25, -0.2) is 0 Å². The number of fused-ring (bicyclic) bond motifs is 3. The van der Waals surface area contributed by atoms with Gasteiger partial charge in [-0.15, -0.1) is 11.3 Å². The SMILES string of the molecule is O=C(CCc1cccs1)N1CC(=O)N2CCc3ccccc3C2C1. The van der Waals surface area contributed by atoms with Crippen molar-refractivity contribution in [2.45, 2.75) is 25.3 Å². The number of hydrogen-bond donors (Lipinski definition) is 0. The quantitative estimate of drug-likeness (QED) is 0.862. The molecule has 0 spiro atoms. The molecule has 0 saturated carbocycles. The predicted molar refractivity (Wildman–Crippen MR) is 93.8 cm³/mol. The minimum atomic E-state index is 0.0156. The van der Waals surface area contributed by atoms with Gasteiger partial charge >= 0.3 is 0 Å². The molecule has 5 heteroatoms. The average Bonchev–Trinajstić information content (AvgIpc) is 3.13. The van der Waals surface area contributed by atoms with Crippen molar-refractivity contribution in [3.05, 3.63) is 57.8 Å². The van der Waals surface area contributed by atoms with E-state index in [2.05, 4.69) is 18.2 Å². The van der Waals surface area contributed by atoms with Crippen LogP contribution < -0.4 is 0 Å². The van der Waals surface area contributed by atoms with Gasteiger partial charge in [-0.2, -0.15) is 0 Å². The van der Waals surface area contributed by atoms with Crippen LogP contribution in [0.5, 0.6) is 0 Å². The number of piperazine rings is 1. The van der Waals surface area contributed by atoms with Gasteiger partial charge in [0.05, 0.1) is 12.6 Å². The summed E-state index contributed by atoms with van der Waals surface area (Å²) in [5, 5.41) is 2.03. The lowest BCUT2D eigenvalue weighted by atomic mass is 9.90. The van der Waals surface area contributed by atoms with Crippen molar-refractivity contribution in [2.24, 2.45) is 0 Å². The van der Waals surface area contributed by atoms with E-state index >= 15 is 0 Å². The van der Waals surface area contributed by atoms with E-state index in [0.717, 1.165) is 19.4 Å². The summed E-state index contributed by atoms with van der Waals surface area (Å²) in [7, 11) is 0. The van der Waals surface area contributed by atoms with Crippen molar-refractivity contribution in [3.63, 3.8) is 0 Å². The minimum absolute atomic E-state index is 0.0156. The van der Waals surface area contributed by atoms with Crippen LogP contribution in [-0.4, -0.2) is 41.2 Å². The van der Waals surface area contributed by atoms with Gasteiger partial charge in [-0.3, -0.25) is 9.59 Å². The Kier molecular flexibility index (Phi) is 4.10. The molecule has 0 radical (unpaired) electrons. The number of nitrogens with zero attached hydrogens (tertiary/aromatic N) is 2. The van der Waals surface area contributed by atoms with Crippen LogP contribution in [0.3, 0.4) is 0 Å². The number of thiophene rings is 1. The van der Waals surface area contributed by atoms with Crippen molar-refractivity contribution in [2.75, 3.05) is 19.6 Å². The first-order valence-electron chi connectivity index (χ1n) is 8.40. The van der Waals surface area contributed by atoms with E-state index in [9.17, 15) is 9.59 Å². The van der Waals surface area contributed by atoms with Crippen LogP contribution in [0.1, 0.15) is 28.5 Å². The second-order valence-electron chi connectivity index (χ2n) is 6.41. The molecular formula is C19H20N2O2S. The highest BCUT2D eigenvalue weighted by molar-refractivity contribution is 7.09. The van der Waals surface area contributed by atoms with E-state index < -0.39 is 0 Å². The Balaban J connectivity index is 1.49. The standard InChI is InChI=1S/C19H20N2O2S/c22-18(8-7-15-5-3-11-24-15)20-12-17-16-6-2-1-4-14(16)9-10-21(17)19(23)13-20/h1-6,11,17H,7-10,12-13H2. The number of carbonyl (C=O) groups is 2. The van der Waals surface area contributed by atoms with Crippen molar-refractivity contribution in [3.8, 4) is 0 Å². The molecule has 124 valence electrons. The zero-order chi connectivity index (χ0) is 16.5. The van der Waals surface area contributed by atoms with E-state index in [4.69, 9.17) is 0 Å². The third kappa shape index (κ3) is 2.84. The molecule has 0 bridgehead atoms. The Morgan fingerprint density at radius 1 is 1.21 bits per heavy atom. The van der Waals surface area contributed by atoms with Crippen molar-refractivity contribution < 1.29 is 9.59 Å². The van der Waals surface area contributed by atoms with Gasteiger partial charge in [0.1, 0.15) is 0 Å². The molecule has 1 aromatic heterocycles. The summed E-state index contributed by atoms with van der Waals surface area (Å²) in [6, 6.07) is 12.4. The Bertz CT molecular complexity index is 756. The molecule has 4 nitrogen and oxygen atoms in total. The first kappa shape index (κ1) is 15.4. The van der Waals surface area contributed by atoms with Crippen molar-refractivity contribution >= 4 is 23.2 Å². The fourth-order valence-electron chi connectivity index (χ4n) is 3.71. The third-order valence-electron chi connectivity index (χ3n) is 4.97. The lowest BCUT2D eigenvalue weighted by Gasteiger charge is -2.44. The van der Waals surface area contributed by atoms with Gasteiger partial charge in [0.2, 0.25) is 11.8 Å². The summed E-state index contributed by atoms with van der Waals surface area (Å²) >= 11 is 1.68. The number of hydrogen-bond acceptors (Lipinski definition) is 3. The predicted octanol–water partition coefficient (Wildman–Crippen LogP) is 2.65. The summed E-state index contributed by atoms with van der Waals surface area (Å²) in [5.74, 6) is 0.157. The third-order valence-corrected chi connectivity index (χ3v) is 5.91. The molecular weight excluding hydrogens is 320 g/mol. The first-order chi connectivity index (χ1) is 11.7. The maximum absolute atomic E-state index is 12.6. The lowest BCUT2D eigenvalue weighted by molar-refractivity contribution is -0.149. The summed E-state index contributed by atoms with van der Waals surface area (Å²) in [6.07, 6.45) is 2.14. The van der Waals surface area contributed by atoms with Crippen molar-refractivity contribution in [1.82, 2.24) is 9.80 Å². The Morgan fingerprint density at radius 3 is 2.92 bits per heavy atom. The second-order valence-corrected chi connectivity index (χ2v) is 7.44. The van der Waals surface area contributed by atoms with Crippen LogP contribution in [0.2, 0.25) is 0 Å². The van der Waals surface area contributed by atoms with E-state index in [1.165, 1.54) is 16.0 Å². The Morgan fingerprint density at radius 2 is 2.08 bits per heavy atom. The number of carbonyl (C=O) groups excluding carboxylic acids is 2. The van der Waals surface area contributed by atoms with Crippen LogP contribution in [-0.2, 0) is 22.4 Å². The van der Waals surface area contributed by atoms with Gasteiger partial charge in [0, 0.05) is 24.4 Å². The Labute approximate surface area is 145 Å². The molecule has 2 aliphatic rings. The van der Waals surface area contributed by atoms with Gasteiger partial charge in [0.15, 0.2) is 0 Å². The molecule has 0 aliphatic carbocycles. The maximum Gasteiger partial charge on any atom is 0.242 e. The highest BCUT2D eigenvalue weighted by Gasteiger charge is 2.38. The monoisotopic (exact) mass is 340 g/mol. The molecule has 3 heterocycles. The first-order valence-corrected chi connectivity index (χ1v) is 9.28. The lowest BCUT2D eigenvalue weighted by Crippen LogP contribution is -2.55. The summed E-state index contributed by atoms with van der Waals surface area (Å²) < 4.78 is 0. The molecule has 1 unspecified atom stereocenters. The van der Waals surface area contributed by atoms with Crippen LogP contribution in [0, 0.1) is 0 Å². The van der Waals surface area contributed by atoms with Gasteiger partial charge < -0.3 is 9.80 Å². The van der Waals surface area contributed by atoms with Gasteiger partial charge in [-0.1, -0.05) is 30.3 Å². The fourth-order valence-corrected chi connectivity index (χ4v) is 4.42. The molecule has 4 rings (SSSR count). The number of aryl methyl sites for hydroxylation is 1.